The maximum absolute atomic E-state index is 13.2. The fourth-order valence-electron chi connectivity index (χ4n) is 2.74. The second-order valence-electron chi connectivity index (χ2n) is 5.55. The number of sulfonamides is 1. The lowest BCUT2D eigenvalue weighted by Gasteiger charge is -2.31. The Morgan fingerprint density at radius 3 is 2.58 bits per heavy atom. The SMILES string of the molecule is CNC(=O)NC1CC=CCN(S(=O)(=O)c2ccccc2OC)C1C(=O)O. The molecule has 3 N–H and O–H groups in total. The zero-order valence-electron chi connectivity index (χ0n) is 14.4. The van der Waals surface area contributed by atoms with Gasteiger partial charge in [-0.3, -0.25) is 4.79 Å². The smallest absolute Gasteiger partial charge is 0.324 e. The molecule has 0 aromatic heterocycles. The summed E-state index contributed by atoms with van der Waals surface area (Å²) < 4.78 is 32.3. The summed E-state index contributed by atoms with van der Waals surface area (Å²) >= 11 is 0. The fraction of sp³-hybridized carbons (Fsp3) is 0.375. The van der Waals surface area contributed by atoms with Crippen LogP contribution in [0.15, 0.2) is 41.3 Å². The van der Waals surface area contributed by atoms with Gasteiger partial charge in [0.05, 0.1) is 13.2 Å². The Morgan fingerprint density at radius 1 is 1.27 bits per heavy atom. The minimum atomic E-state index is -4.19. The highest BCUT2D eigenvalue weighted by molar-refractivity contribution is 7.89. The van der Waals surface area contributed by atoms with Gasteiger partial charge in [0.1, 0.15) is 16.7 Å². The molecule has 9 nitrogen and oxygen atoms in total. The minimum Gasteiger partial charge on any atom is -0.495 e. The molecule has 142 valence electrons. The number of urea groups is 1. The molecule has 1 heterocycles. The van der Waals surface area contributed by atoms with Crippen LogP contribution in [0.4, 0.5) is 4.79 Å². The number of nitrogens with zero attached hydrogens (tertiary/aromatic N) is 1. The van der Waals surface area contributed by atoms with Crippen LogP contribution in [0.1, 0.15) is 6.42 Å². The van der Waals surface area contributed by atoms with E-state index in [4.69, 9.17) is 4.74 Å². The number of amides is 2. The standard InChI is InChI=1S/C16H21N3O6S/c1-17-16(22)18-11-7-5-6-10-19(14(11)15(20)21)26(23,24)13-9-4-3-8-12(13)25-2/h3-6,8-9,11,14H,7,10H2,1-2H3,(H,20,21)(H2,17,18,22). The summed E-state index contributed by atoms with van der Waals surface area (Å²) in [5.74, 6) is -1.24. The van der Waals surface area contributed by atoms with E-state index in [0.717, 1.165) is 4.31 Å². The van der Waals surface area contributed by atoms with E-state index in [9.17, 15) is 23.1 Å². The zero-order valence-corrected chi connectivity index (χ0v) is 15.2. The van der Waals surface area contributed by atoms with Crippen LogP contribution in [-0.4, -0.2) is 62.6 Å². The van der Waals surface area contributed by atoms with Crippen LogP contribution in [0, 0.1) is 0 Å². The molecule has 10 heteroatoms. The normalized spacial score (nSPS) is 20.8. The predicted octanol–water partition coefficient (Wildman–Crippen LogP) is 0.397. The number of methoxy groups -OCH3 is 1. The number of aliphatic carboxylic acids is 1. The highest BCUT2D eigenvalue weighted by Crippen LogP contribution is 2.29. The van der Waals surface area contributed by atoms with Gasteiger partial charge in [-0.15, -0.1) is 0 Å². The van der Waals surface area contributed by atoms with Gasteiger partial charge in [-0.05, 0) is 18.6 Å². The number of rotatable bonds is 5. The Morgan fingerprint density at radius 2 is 1.96 bits per heavy atom. The van der Waals surface area contributed by atoms with Crippen molar-refractivity contribution in [3.63, 3.8) is 0 Å². The summed E-state index contributed by atoms with van der Waals surface area (Å²) in [6, 6.07) is 2.97. The molecule has 0 saturated carbocycles. The number of carbonyl (C=O) groups excluding carboxylic acids is 1. The van der Waals surface area contributed by atoms with Crippen molar-refractivity contribution in [3.05, 3.63) is 36.4 Å². The van der Waals surface area contributed by atoms with Gasteiger partial charge >= 0.3 is 12.0 Å². The molecular weight excluding hydrogens is 362 g/mol. The number of hydrogen-bond acceptors (Lipinski definition) is 5. The van der Waals surface area contributed by atoms with Crippen LogP contribution in [0.5, 0.6) is 5.75 Å². The Kier molecular flexibility index (Phi) is 6.22. The number of ether oxygens (including phenoxy) is 1. The molecule has 0 radical (unpaired) electrons. The fourth-order valence-corrected chi connectivity index (χ4v) is 4.47. The van der Waals surface area contributed by atoms with Crippen LogP contribution in [0.2, 0.25) is 0 Å². The maximum atomic E-state index is 13.2. The van der Waals surface area contributed by atoms with Crippen LogP contribution in [0.3, 0.4) is 0 Å². The molecule has 1 aliphatic rings. The molecule has 1 aromatic carbocycles. The van der Waals surface area contributed by atoms with E-state index in [1.807, 2.05) is 0 Å². The molecular formula is C16H21N3O6S. The molecule has 1 aromatic rings. The lowest BCUT2D eigenvalue weighted by Crippen LogP contribution is -2.57. The van der Waals surface area contributed by atoms with Gasteiger partial charge in [-0.2, -0.15) is 4.31 Å². The van der Waals surface area contributed by atoms with Gasteiger partial charge in [0.25, 0.3) is 0 Å². The zero-order chi connectivity index (χ0) is 19.3. The van der Waals surface area contributed by atoms with E-state index in [1.54, 1.807) is 18.2 Å². The Hall–Kier alpha value is -2.59. The van der Waals surface area contributed by atoms with E-state index in [1.165, 1.54) is 32.4 Å². The van der Waals surface area contributed by atoms with Gasteiger partial charge in [0.15, 0.2) is 0 Å². The number of nitrogens with one attached hydrogen (secondary N) is 2. The molecule has 0 aliphatic carbocycles. The van der Waals surface area contributed by atoms with Crippen molar-refractivity contribution in [1.29, 1.82) is 0 Å². The van der Waals surface area contributed by atoms with E-state index in [-0.39, 0.29) is 23.6 Å². The molecule has 0 saturated heterocycles. The Balaban J connectivity index is 2.51. The Labute approximate surface area is 151 Å². The molecule has 2 rings (SSSR count). The minimum absolute atomic E-state index is 0.112. The first-order valence-electron chi connectivity index (χ1n) is 7.83. The summed E-state index contributed by atoms with van der Waals surface area (Å²) in [6.45, 7) is -0.136. The van der Waals surface area contributed by atoms with E-state index >= 15 is 0 Å². The molecule has 2 amide bonds. The number of carboxylic acids is 1. The third kappa shape index (κ3) is 3.97. The van der Waals surface area contributed by atoms with Crippen molar-refractivity contribution in [1.82, 2.24) is 14.9 Å². The highest BCUT2D eigenvalue weighted by atomic mass is 32.2. The van der Waals surface area contributed by atoms with Crippen molar-refractivity contribution < 1.29 is 27.9 Å². The van der Waals surface area contributed by atoms with Crippen molar-refractivity contribution in [2.45, 2.75) is 23.4 Å². The van der Waals surface area contributed by atoms with Gasteiger partial charge in [-0.1, -0.05) is 24.3 Å². The third-order valence-corrected chi connectivity index (χ3v) is 5.87. The van der Waals surface area contributed by atoms with Gasteiger partial charge in [0.2, 0.25) is 10.0 Å². The molecule has 2 atom stereocenters. The third-order valence-electron chi connectivity index (χ3n) is 3.99. The number of hydrogen-bond donors (Lipinski definition) is 3. The van der Waals surface area contributed by atoms with Crippen molar-refractivity contribution in [2.75, 3.05) is 20.7 Å². The van der Waals surface area contributed by atoms with E-state index in [2.05, 4.69) is 10.6 Å². The highest BCUT2D eigenvalue weighted by Gasteiger charge is 2.42. The molecule has 0 fully saturated rings. The number of carboxylic acid groups (broad SMARTS) is 1. The summed E-state index contributed by atoms with van der Waals surface area (Å²) in [6.07, 6.45) is 3.39. The largest absolute Gasteiger partial charge is 0.495 e. The lowest BCUT2D eigenvalue weighted by atomic mass is 10.1. The van der Waals surface area contributed by atoms with Crippen LogP contribution >= 0.6 is 0 Å². The average Bonchev–Trinajstić information content (AvgIpc) is 2.84. The van der Waals surface area contributed by atoms with E-state index in [0.29, 0.717) is 0 Å². The topological polar surface area (TPSA) is 125 Å². The Bertz CT molecular complexity index is 808. The van der Waals surface area contributed by atoms with Crippen LogP contribution in [-0.2, 0) is 14.8 Å². The summed E-state index contributed by atoms with van der Waals surface area (Å²) in [5, 5.41) is 14.5. The summed E-state index contributed by atoms with van der Waals surface area (Å²) in [7, 11) is -1.47. The van der Waals surface area contributed by atoms with E-state index < -0.39 is 34.1 Å². The number of benzene rings is 1. The van der Waals surface area contributed by atoms with Gasteiger partial charge in [0, 0.05) is 13.6 Å². The second-order valence-corrected chi connectivity index (χ2v) is 7.40. The van der Waals surface area contributed by atoms with Crippen LogP contribution < -0.4 is 15.4 Å². The molecule has 0 bridgehead atoms. The average molecular weight is 383 g/mol. The first kappa shape index (κ1) is 19.7. The second kappa shape index (κ2) is 8.19. The maximum Gasteiger partial charge on any atom is 0.324 e. The summed E-state index contributed by atoms with van der Waals surface area (Å²) in [4.78, 5) is 23.4. The first-order valence-corrected chi connectivity index (χ1v) is 9.27. The van der Waals surface area contributed by atoms with Crippen LogP contribution in [0.25, 0.3) is 0 Å². The monoisotopic (exact) mass is 383 g/mol. The van der Waals surface area contributed by atoms with Crippen molar-refractivity contribution in [2.24, 2.45) is 0 Å². The van der Waals surface area contributed by atoms with Gasteiger partial charge in [-0.25, -0.2) is 13.2 Å². The molecule has 26 heavy (non-hydrogen) atoms. The van der Waals surface area contributed by atoms with Gasteiger partial charge < -0.3 is 20.5 Å². The molecule has 0 spiro atoms. The first-order chi connectivity index (χ1) is 12.3. The predicted molar refractivity (Wildman–Crippen MR) is 93.4 cm³/mol. The number of carbonyl (C=O) groups is 2. The lowest BCUT2D eigenvalue weighted by molar-refractivity contribution is -0.142. The number of para-hydroxylation sites is 1. The van der Waals surface area contributed by atoms with Crippen molar-refractivity contribution in [3.8, 4) is 5.75 Å². The quantitative estimate of drug-likeness (QED) is 0.632. The molecule has 1 aliphatic heterocycles. The molecule has 2 unspecified atom stereocenters. The summed E-state index contributed by atoms with van der Waals surface area (Å²) in [5.41, 5.74) is 0. The van der Waals surface area contributed by atoms with Crippen molar-refractivity contribution >= 4 is 22.0 Å².